The summed E-state index contributed by atoms with van der Waals surface area (Å²) in [6.45, 7) is 1.38. The van der Waals surface area contributed by atoms with Crippen LogP contribution >= 0.6 is 0 Å². The van der Waals surface area contributed by atoms with Crippen LogP contribution in [0.5, 0.6) is 23.0 Å². The Labute approximate surface area is 130 Å². The first kappa shape index (κ1) is 14.8. The number of hydrogen-bond acceptors (Lipinski definition) is 6. The number of fused-ring (bicyclic) bond motifs is 1. The van der Waals surface area contributed by atoms with Crippen LogP contribution in [0.1, 0.15) is 5.56 Å². The quantitative estimate of drug-likeness (QED) is 0.497. The molecule has 3 rings (SSSR count). The highest BCUT2D eigenvalue weighted by Gasteiger charge is 2.25. The lowest BCUT2D eigenvalue weighted by atomic mass is 10.1. The molecule has 0 atom stereocenters. The first-order valence-electron chi connectivity index (χ1n) is 6.81. The molecule has 0 unspecified atom stereocenters. The van der Waals surface area contributed by atoms with Crippen molar-refractivity contribution in [2.24, 2.45) is 0 Å². The third-order valence-electron chi connectivity index (χ3n) is 3.70. The molecular weight excluding hydrogens is 300 g/mol. The Balaban J connectivity index is 2.53. The Kier molecular flexibility index (Phi) is 3.37. The number of hydrogen-bond donors (Lipinski definition) is 3. The van der Waals surface area contributed by atoms with Crippen LogP contribution in [-0.2, 0) is 0 Å². The molecule has 0 aliphatic rings. The fourth-order valence-electron chi connectivity index (χ4n) is 2.45. The maximum atomic E-state index is 12.7. The zero-order chi connectivity index (χ0) is 16.7. The van der Waals surface area contributed by atoms with Crippen LogP contribution in [0, 0.1) is 6.92 Å². The van der Waals surface area contributed by atoms with Crippen LogP contribution in [0.4, 0.5) is 0 Å². The van der Waals surface area contributed by atoms with Crippen molar-refractivity contribution in [1.29, 1.82) is 0 Å². The molecular formula is C17H14O6. The lowest BCUT2D eigenvalue weighted by Gasteiger charge is -2.13. The molecule has 0 amide bonds. The van der Waals surface area contributed by atoms with Gasteiger partial charge in [-0.3, -0.25) is 4.79 Å². The minimum atomic E-state index is -0.636. The van der Waals surface area contributed by atoms with Gasteiger partial charge in [-0.2, -0.15) is 0 Å². The number of phenolic OH excluding ortho intramolecular Hbond substituents is 3. The molecule has 0 bridgehead atoms. The fraction of sp³-hybridized carbons (Fsp3) is 0.118. The van der Waals surface area contributed by atoms with Crippen LogP contribution in [0.3, 0.4) is 0 Å². The van der Waals surface area contributed by atoms with E-state index in [1.165, 1.54) is 14.0 Å². The van der Waals surface area contributed by atoms with Crippen LogP contribution < -0.4 is 10.2 Å². The van der Waals surface area contributed by atoms with Crippen LogP contribution in [0.2, 0.25) is 0 Å². The van der Waals surface area contributed by atoms with Crippen molar-refractivity contribution in [3.05, 3.63) is 46.1 Å². The maximum absolute atomic E-state index is 12.7. The van der Waals surface area contributed by atoms with Gasteiger partial charge in [0.1, 0.15) is 11.1 Å². The zero-order valence-corrected chi connectivity index (χ0v) is 12.5. The second-order valence-electron chi connectivity index (χ2n) is 5.03. The van der Waals surface area contributed by atoms with Gasteiger partial charge in [0, 0.05) is 11.1 Å². The summed E-state index contributed by atoms with van der Waals surface area (Å²) in [4.78, 5) is 12.7. The van der Waals surface area contributed by atoms with E-state index in [1.807, 2.05) is 0 Å². The van der Waals surface area contributed by atoms with Gasteiger partial charge in [0.2, 0.25) is 16.9 Å². The third kappa shape index (κ3) is 2.07. The Morgan fingerprint density at radius 2 is 1.65 bits per heavy atom. The molecule has 0 saturated carbocycles. The van der Waals surface area contributed by atoms with Crippen LogP contribution in [-0.4, -0.2) is 22.4 Å². The van der Waals surface area contributed by atoms with Crippen LogP contribution in [0.15, 0.2) is 39.5 Å². The number of phenols is 3. The summed E-state index contributed by atoms with van der Waals surface area (Å²) in [5.74, 6) is -1.59. The summed E-state index contributed by atoms with van der Waals surface area (Å²) in [5, 5.41) is 29.8. The molecule has 1 aromatic heterocycles. The average molecular weight is 314 g/mol. The van der Waals surface area contributed by atoms with Crippen molar-refractivity contribution in [1.82, 2.24) is 0 Å². The van der Waals surface area contributed by atoms with Gasteiger partial charge >= 0.3 is 0 Å². The predicted octanol–water partition coefficient (Wildman–Crippen LogP) is 2.89. The molecule has 0 aliphatic carbocycles. The van der Waals surface area contributed by atoms with Crippen LogP contribution in [0.25, 0.3) is 22.3 Å². The number of ether oxygens (including phenoxy) is 1. The summed E-state index contributed by atoms with van der Waals surface area (Å²) in [7, 11) is 1.31. The van der Waals surface area contributed by atoms with Gasteiger partial charge in [-0.15, -0.1) is 0 Å². The Bertz CT molecular complexity index is 957. The SMILES string of the molecule is COc1c(-c2ccccc2)oc2c(O)c(O)c(C)c(O)c2c1=O. The number of rotatable bonds is 2. The van der Waals surface area contributed by atoms with Gasteiger partial charge in [-0.1, -0.05) is 30.3 Å². The van der Waals surface area contributed by atoms with Gasteiger partial charge in [-0.25, -0.2) is 0 Å². The molecule has 23 heavy (non-hydrogen) atoms. The lowest BCUT2D eigenvalue weighted by Crippen LogP contribution is -2.08. The molecule has 6 heteroatoms. The van der Waals surface area contributed by atoms with Crippen molar-refractivity contribution in [2.45, 2.75) is 6.92 Å². The van der Waals surface area contributed by atoms with Gasteiger partial charge < -0.3 is 24.5 Å². The molecule has 1 heterocycles. The predicted molar refractivity (Wildman–Crippen MR) is 84.2 cm³/mol. The molecule has 3 aromatic rings. The summed E-state index contributed by atoms with van der Waals surface area (Å²) >= 11 is 0. The molecule has 0 fully saturated rings. The van der Waals surface area contributed by atoms with E-state index in [0.717, 1.165) is 0 Å². The van der Waals surface area contributed by atoms with Crippen molar-refractivity contribution < 1.29 is 24.5 Å². The van der Waals surface area contributed by atoms with Crippen molar-refractivity contribution in [2.75, 3.05) is 7.11 Å². The van der Waals surface area contributed by atoms with E-state index in [-0.39, 0.29) is 28.0 Å². The molecule has 0 spiro atoms. The maximum Gasteiger partial charge on any atom is 0.239 e. The summed E-state index contributed by atoms with van der Waals surface area (Å²) in [6.07, 6.45) is 0. The third-order valence-corrected chi connectivity index (χ3v) is 3.70. The Morgan fingerprint density at radius 3 is 2.26 bits per heavy atom. The van der Waals surface area contributed by atoms with Crippen molar-refractivity contribution >= 4 is 11.0 Å². The standard InChI is InChI=1S/C17H14O6/c1-8-11(18)10-13(20)17(22-2)15(9-6-4-3-5-7-9)23-16(10)14(21)12(8)19/h3-7,18-19,21H,1-2H3. The largest absolute Gasteiger partial charge is 0.507 e. The minimum Gasteiger partial charge on any atom is -0.507 e. The average Bonchev–Trinajstić information content (AvgIpc) is 2.58. The van der Waals surface area contributed by atoms with E-state index < -0.39 is 22.7 Å². The Hall–Kier alpha value is -3.15. The summed E-state index contributed by atoms with van der Waals surface area (Å²) < 4.78 is 10.7. The highest BCUT2D eigenvalue weighted by Crippen LogP contribution is 2.44. The van der Waals surface area contributed by atoms with Gasteiger partial charge in [-0.05, 0) is 6.92 Å². The highest BCUT2D eigenvalue weighted by molar-refractivity contribution is 5.94. The number of aromatic hydroxyl groups is 3. The first-order valence-corrected chi connectivity index (χ1v) is 6.81. The van der Waals surface area contributed by atoms with E-state index in [2.05, 4.69) is 0 Å². The van der Waals surface area contributed by atoms with Gasteiger partial charge in [0.05, 0.1) is 7.11 Å². The summed E-state index contributed by atoms with van der Waals surface area (Å²) in [5.41, 5.74) is -0.391. The molecule has 3 N–H and O–H groups in total. The molecule has 0 saturated heterocycles. The summed E-state index contributed by atoms with van der Waals surface area (Å²) in [6, 6.07) is 8.72. The fourth-order valence-corrected chi connectivity index (χ4v) is 2.45. The second-order valence-corrected chi connectivity index (χ2v) is 5.03. The van der Waals surface area contributed by atoms with E-state index >= 15 is 0 Å². The number of benzene rings is 2. The molecule has 118 valence electrons. The van der Waals surface area contributed by atoms with Gasteiger partial charge in [0.25, 0.3) is 0 Å². The molecule has 0 aliphatic heterocycles. The minimum absolute atomic E-state index is 0.0168. The topological polar surface area (TPSA) is 100 Å². The molecule has 6 nitrogen and oxygen atoms in total. The highest BCUT2D eigenvalue weighted by atomic mass is 16.5. The van der Waals surface area contributed by atoms with Crippen molar-refractivity contribution in [3.63, 3.8) is 0 Å². The Morgan fingerprint density at radius 1 is 1.00 bits per heavy atom. The normalized spacial score (nSPS) is 10.9. The smallest absolute Gasteiger partial charge is 0.239 e. The second kappa shape index (κ2) is 5.24. The van der Waals surface area contributed by atoms with E-state index in [9.17, 15) is 20.1 Å². The first-order chi connectivity index (χ1) is 11.0. The van der Waals surface area contributed by atoms with E-state index in [1.54, 1.807) is 30.3 Å². The van der Waals surface area contributed by atoms with E-state index in [0.29, 0.717) is 5.56 Å². The monoisotopic (exact) mass is 314 g/mol. The van der Waals surface area contributed by atoms with E-state index in [4.69, 9.17) is 9.15 Å². The van der Waals surface area contributed by atoms with Gasteiger partial charge in [0.15, 0.2) is 17.1 Å². The lowest BCUT2D eigenvalue weighted by molar-refractivity contribution is 0.380. The molecule has 2 aromatic carbocycles. The van der Waals surface area contributed by atoms with Crippen molar-refractivity contribution in [3.8, 4) is 34.3 Å². The number of methoxy groups -OCH3 is 1. The zero-order valence-electron chi connectivity index (χ0n) is 12.5. The molecule has 0 radical (unpaired) electrons.